The summed E-state index contributed by atoms with van der Waals surface area (Å²) in [5, 5.41) is 12.2. The van der Waals surface area contributed by atoms with Crippen LogP contribution in [0.1, 0.15) is 59.0 Å². The Morgan fingerprint density at radius 2 is 2.13 bits per heavy atom. The topological polar surface area (TPSA) is 82.2 Å². The number of amides is 1. The van der Waals surface area contributed by atoms with Gasteiger partial charge in [0.2, 0.25) is 0 Å². The average molecular weight is 443 g/mol. The van der Waals surface area contributed by atoms with E-state index >= 15 is 0 Å². The number of carbonyl (C=O) groups excluding carboxylic acids is 1. The van der Waals surface area contributed by atoms with Gasteiger partial charge in [-0.15, -0.1) is 0 Å². The quantitative estimate of drug-likeness (QED) is 0.603. The second-order valence-electron chi connectivity index (χ2n) is 8.90. The fraction of sp³-hybridized carbons (Fsp3) is 0.435. The lowest BCUT2D eigenvalue weighted by Gasteiger charge is -2.28. The SMILES string of the molecule is COc1ccc(Cn2nc(C)c(NC(=O)c3noc4c3CC(C)(C)CC4)c2C)cc1Cl. The van der Waals surface area contributed by atoms with Crippen LogP contribution in [0.2, 0.25) is 5.02 Å². The maximum Gasteiger partial charge on any atom is 0.278 e. The lowest BCUT2D eigenvalue weighted by atomic mass is 9.76. The van der Waals surface area contributed by atoms with Gasteiger partial charge >= 0.3 is 0 Å². The van der Waals surface area contributed by atoms with E-state index in [1.165, 1.54) is 0 Å². The molecule has 2 aromatic heterocycles. The number of aryl methyl sites for hydroxylation is 2. The zero-order valence-corrected chi connectivity index (χ0v) is 19.3. The molecule has 0 unspecified atom stereocenters. The van der Waals surface area contributed by atoms with Gasteiger partial charge in [0.05, 0.1) is 35.8 Å². The minimum atomic E-state index is -0.263. The number of methoxy groups -OCH3 is 1. The fourth-order valence-corrected chi connectivity index (χ4v) is 4.39. The number of fused-ring (bicyclic) bond motifs is 1. The summed E-state index contributed by atoms with van der Waals surface area (Å²) < 4.78 is 12.5. The molecule has 0 fully saturated rings. The molecule has 0 saturated heterocycles. The first-order valence-corrected chi connectivity index (χ1v) is 10.7. The molecular weight excluding hydrogens is 416 g/mol. The smallest absolute Gasteiger partial charge is 0.278 e. The summed E-state index contributed by atoms with van der Waals surface area (Å²) in [6.45, 7) is 8.74. The van der Waals surface area contributed by atoms with Crippen LogP contribution in [-0.2, 0) is 19.4 Å². The average Bonchev–Trinajstić information content (AvgIpc) is 3.23. The summed E-state index contributed by atoms with van der Waals surface area (Å²) in [7, 11) is 1.59. The highest BCUT2D eigenvalue weighted by molar-refractivity contribution is 6.32. The Hall–Kier alpha value is -2.80. The number of anilines is 1. The molecule has 164 valence electrons. The Kier molecular flexibility index (Phi) is 5.56. The van der Waals surface area contributed by atoms with Crippen molar-refractivity contribution in [3.05, 3.63) is 57.2 Å². The Morgan fingerprint density at radius 1 is 1.35 bits per heavy atom. The van der Waals surface area contributed by atoms with Gasteiger partial charge in [0.25, 0.3) is 5.91 Å². The molecule has 2 heterocycles. The van der Waals surface area contributed by atoms with Crippen molar-refractivity contribution in [3.63, 3.8) is 0 Å². The predicted molar refractivity (Wildman–Crippen MR) is 119 cm³/mol. The van der Waals surface area contributed by atoms with Gasteiger partial charge in [0.15, 0.2) is 5.69 Å². The number of hydrogen-bond acceptors (Lipinski definition) is 5. The molecule has 7 nitrogen and oxygen atoms in total. The molecule has 31 heavy (non-hydrogen) atoms. The van der Waals surface area contributed by atoms with Crippen molar-refractivity contribution in [1.82, 2.24) is 14.9 Å². The van der Waals surface area contributed by atoms with E-state index in [4.69, 9.17) is 20.9 Å². The summed E-state index contributed by atoms with van der Waals surface area (Å²) in [6, 6.07) is 5.64. The molecule has 1 aromatic carbocycles. The van der Waals surface area contributed by atoms with Crippen LogP contribution in [0.15, 0.2) is 22.7 Å². The van der Waals surface area contributed by atoms with Crippen LogP contribution in [0.4, 0.5) is 5.69 Å². The number of ether oxygens (including phenoxy) is 1. The lowest BCUT2D eigenvalue weighted by molar-refractivity contribution is 0.101. The maximum absolute atomic E-state index is 13.0. The molecule has 1 aliphatic carbocycles. The molecule has 0 spiro atoms. The standard InChI is InChI=1S/C23H27ClN4O3/c1-13-20(14(2)28(26-13)12-15-6-7-19(30-5)17(24)10-15)25-22(29)21-16-11-23(3,4)9-8-18(16)31-27-21/h6-7,10H,8-9,11-12H2,1-5H3,(H,25,29). The predicted octanol–water partition coefficient (Wildman–Crippen LogP) is 4.97. The highest BCUT2D eigenvalue weighted by Gasteiger charge is 2.33. The van der Waals surface area contributed by atoms with E-state index < -0.39 is 0 Å². The fourth-order valence-electron chi connectivity index (χ4n) is 4.10. The zero-order valence-electron chi connectivity index (χ0n) is 18.5. The second-order valence-corrected chi connectivity index (χ2v) is 9.31. The van der Waals surface area contributed by atoms with Crippen molar-refractivity contribution in [2.75, 3.05) is 12.4 Å². The van der Waals surface area contributed by atoms with E-state index in [-0.39, 0.29) is 11.3 Å². The van der Waals surface area contributed by atoms with Crippen LogP contribution in [0, 0.1) is 19.3 Å². The molecule has 1 N–H and O–H groups in total. The molecule has 1 aliphatic rings. The van der Waals surface area contributed by atoms with Crippen molar-refractivity contribution in [1.29, 1.82) is 0 Å². The summed E-state index contributed by atoms with van der Waals surface area (Å²) >= 11 is 6.25. The second kappa shape index (κ2) is 8.04. The number of nitrogens with one attached hydrogen (secondary N) is 1. The molecule has 0 bridgehead atoms. The lowest BCUT2D eigenvalue weighted by Crippen LogP contribution is -2.24. The van der Waals surface area contributed by atoms with E-state index in [0.717, 1.165) is 47.5 Å². The van der Waals surface area contributed by atoms with Gasteiger partial charge in [-0.2, -0.15) is 5.10 Å². The number of benzene rings is 1. The Labute approximate surface area is 186 Å². The molecule has 1 amide bonds. The number of nitrogens with zero attached hydrogens (tertiary/aromatic N) is 3. The highest BCUT2D eigenvalue weighted by atomic mass is 35.5. The van der Waals surface area contributed by atoms with Crippen molar-refractivity contribution in [3.8, 4) is 5.75 Å². The molecule has 3 aromatic rings. The van der Waals surface area contributed by atoms with Crippen molar-refractivity contribution < 1.29 is 14.1 Å². The highest BCUT2D eigenvalue weighted by Crippen LogP contribution is 2.36. The summed E-state index contributed by atoms with van der Waals surface area (Å²) in [5.41, 5.74) is 4.70. The van der Waals surface area contributed by atoms with Crippen LogP contribution in [0.3, 0.4) is 0 Å². The van der Waals surface area contributed by atoms with E-state index in [2.05, 4.69) is 29.4 Å². The molecule has 0 aliphatic heterocycles. The van der Waals surface area contributed by atoms with E-state index in [9.17, 15) is 4.79 Å². The summed E-state index contributed by atoms with van der Waals surface area (Å²) in [5.74, 6) is 1.19. The number of aromatic nitrogens is 3. The first kappa shape index (κ1) is 21.4. The van der Waals surface area contributed by atoms with Gasteiger partial charge in [0.1, 0.15) is 11.5 Å². The van der Waals surface area contributed by atoms with E-state index in [1.54, 1.807) is 7.11 Å². The van der Waals surface area contributed by atoms with Crippen LogP contribution >= 0.6 is 11.6 Å². The van der Waals surface area contributed by atoms with Crippen LogP contribution < -0.4 is 10.1 Å². The molecule has 0 saturated carbocycles. The van der Waals surface area contributed by atoms with E-state index in [0.29, 0.717) is 28.7 Å². The van der Waals surface area contributed by atoms with Crippen LogP contribution in [0.5, 0.6) is 5.75 Å². The van der Waals surface area contributed by atoms with Crippen LogP contribution in [0.25, 0.3) is 0 Å². The van der Waals surface area contributed by atoms with Crippen molar-refractivity contribution in [2.24, 2.45) is 5.41 Å². The maximum atomic E-state index is 13.0. The molecular formula is C23H27ClN4O3. The van der Waals surface area contributed by atoms with Crippen molar-refractivity contribution >= 4 is 23.2 Å². The van der Waals surface area contributed by atoms with Gasteiger partial charge < -0.3 is 14.6 Å². The van der Waals surface area contributed by atoms with Gasteiger partial charge in [-0.25, -0.2) is 0 Å². The number of hydrogen-bond donors (Lipinski definition) is 1. The van der Waals surface area contributed by atoms with Gasteiger partial charge in [-0.3, -0.25) is 9.48 Å². The van der Waals surface area contributed by atoms with Gasteiger partial charge in [-0.1, -0.05) is 36.7 Å². The molecule has 0 atom stereocenters. The number of carbonyl (C=O) groups is 1. The van der Waals surface area contributed by atoms with Crippen LogP contribution in [-0.4, -0.2) is 28.0 Å². The minimum Gasteiger partial charge on any atom is -0.495 e. The third-order valence-corrected chi connectivity index (χ3v) is 6.23. The largest absolute Gasteiger partial charge is 0.495 e. The third-order valence-electron chi connectivity index (χ3n) is 5.94. The monoisotopic (exact) mass is 442 g/mol. The Balaban J connectivity index is 1.55. The van der Waals surface area contributed by atoms with Gasteiger partial charge in [0, 0.05) is 12.0 Å². The summed E-state index contributed by atoms with van der Waals surface area (Å²) in [4.78, 5) is 13.0. The summed E-state index contributed by atoms with van der Waals surface area (Å²) in [6.07, 6.45) is 2.61. The molecule has 4 rings (SSSR count). The Morgan fingerprint density at radius 3 is 2.84 bits per heavy atom. The normalized spacial score (nSPS) is 14.9. The molecule has 8 heteroatoms. The number of rotatable bonds is 5. The van der Waals surface area contributed by atoms with Gasteiger partial charge in [-0.05, 0) is 49.8 Å². The molecule has 0 radical (unpaired) electrons. The first-order chi connectivity index (χ1) is 14.7. The van der Waals surface area contributed by atoms with E-state index in [1.807, 2.05) is 36.7 Å². The first-order valence-electron chi connectivity index (χ1n) is 10.3. The third kappa shape index (κ3) is 4.19. The zero-order chi connectivity index (χ0) is 22.3. The number of halogens is 1. The minimum absolute atomic E-state index is 0.129. The van der Waals surface area contributed by atoms with Crippen molar-refractivity contribution in [2.45, 2.75) is 53.5 Å². The Bertz CT molecular complexity index is 1150.